The van der Waals surface area contributed by atoms with Gasteiger partial charge in [-0.2, -0.15) is 0 Å². The molecule has 2 N–H and O–H groups in total. The Balaban J connectivity index is 2.13. The highest BCUT2D eigenvalue weighted by Crippen LogP contribution is 2.26. The van der Waals surface area contributed by atoms with Crippen molar-refractivity contribution in [3.63, 3.8) is 0 Å². The Kier molecular flexibility index (Phi) is 5.40. The third-order valence-electron chi connectivity index (χ3n) is 1.51. The van der Waals surface area contributed by atoms with Crippen LogP contribution in [0.4, 0.5) is 0 Å². The Bertz CT molecular complexity index is 228. The minimum Gasteiger partial charge on any atom is -0.350 e. The molecule has 0 bridgehead atoms. The summed E-state index contributed by atoms with van der Waals surface area (Å²) in [5.74, 6) is 0.948. The van der Waals surface area contributed by atoms with Crippen LogP contribution in [0.15, 0.2) is 35.2 Å². The largest absolute Gasteiger partial charge is 0.350 e. The van der Waals surface area contributed by atoms with Gasteiger partial charge in [0.1, 0.15) is 0 Å². The molecule has 0 aliphatic rings. The van der Waals surface area contributed by atoms with Gasteiger partial charge in [-0.05, 0) is 24.3 Å². The van der Waals surface area contributed by atoms with Gasteiger partial charge in [-0.3, -0.25) is 0 Å². The van der Waals surface area contributed by atoms with Crippen LogP contribution in [0.5, 0.6) is 0 Å². The quantitative estimate of drug-likeness (QED) is 0.451. The van der Waals surface area contributed by atoms with Crippen LogP contribution in [0.3, 0.4) is 0 Å². The Morgan fingerprint density at radius 3 is 2.46 bits per heavy atom. The van der Waals surface area contributed by atoms with Gasteiger partial charge in [0.15, 0.2) is 8.38 Å². The average molecular weight is 216 g/mol. The molecule has 0 spiro atoms. The summed E-state index contributed by atoms with van der Waals surface area (Å²) in [6, 6.07) is 10.1. The predicted molar refractivity (Wildman–Crippen MR) is 58.0 cm³/mol. The molecule has 0 radical (unpaired) electrons. The molecule has 4 heteroatoms. The van der Waals surface area contributed by atoms with Gasteiger partial charge >= 0.3 is 0 Å². The maximum absolute atomic E-state index is 8.66. The number of hydrogen-bond donors (Lipinski definition) is 2. The predicted octanol–water partition coefficient (Wildman–Crippen LogP) is 2.47. The first-order valence-corrected chi connectivity index (χ1v) is 6.54. The second kappa shape index (κ2) is 6.39. The summed E-state index contributed by atoms with van der Waals surface area (Å²) in [7, 11) is -1.69. The highest BCUT2D eigenvalue weighted by molar-refractivity contribution is 7.99. The topological polar surface area (TPSA) is 40.5 Å². The minimum atomic E-state index is -1.69. The van der Waals surface area contributed by atoms with Crippen LogP contribution in [0.1, 0.15) is 6.42 Å². The van der Waals surface area contributed by atoms with Gasteiger partial charge in [0, 0.05) is 11.1 Å². The van der Waals surface area contributed by atoms with Crippen LogP contribution in [-0.2, 0) is 0 Å². The van der Waals surface area contributed by atoms with Crippen LogP contribution in [0.2, 0.25) is 0 Å². The first-order chi connectivity index (χ1) is 6.29. The normalized spacial score (nSPS) is 10.7. The molecule has 0 aliphatic carbocycles. The molecule has 0 saturated heterocycles. The summed E-state index contributed by atoms with van der Waals surface area (Å²) in [6.07, 6.45) is 1.38. The minimum absolute atomic E-state index is 0.523. The fraction of sp³-hybridized carbons (Fsp3) is 0.333. The maximum Gasteiger partial charge on any atom is 0.164 e. The highest BCUT2D eigenvalue weighted by Gasteiger charge is 1.98. The summed E-state index contributed by atoms with van der Waals surface area (Å²) < 4.78 is 0. The summed E-state index contributed by atoms with van der Waals surface area (Å²) in [6.45, 7) is 0. The molecule has 0 heterocycles. The van der Waals surface area contributed by atoms with Crippen LogP contribution >= 0.6 is 20.1 Å². The van der Waals surface area contributed by atoms with Gasteiger partial charge in [0.05, 0.1) is 0 Å². The molecule has 0 fully saturated rings. The van der Waals surface area contributed by atoms with E-state index < -0.39 is 8.38 Å². The van der Waals surface area contributed by atoms with Crippen molar-refractivity contribution in [3.8, 4) is 0 Å². The van der Waals surface area contributed by atoms with Crippen LogP contribution in [-0.4, -0.2) is 21.7 Å². The Morgan fingerprint density at radius 2 is 1.85 bits per heavy atom. The lowest BCUT2D eigenvalue weighted by molar-refractivity contribution is 0.482. The molecular formula is C9H13O2PS. The molecule has 1 aromatic rings. The molecule has 0 unspecified atom stereocenters. The molecule has 13 heavy (non-hydrogen) atoms. The lowest BCUT2D eigenvalue weighted by Crippen LogP contribution is -1.85. The van der Waals surface area contributed by atoms with E-state index in [-0.39, 0.29) is 0 Å². The monoisotopic (exact) mass is 216 g/mol. The van der Waals surface area contributed by atoms with E-state index in [2.05, 4.69) is 12.1 Å². The van der Waals surface area contributed by atoms with E-state index >= 15 is 0 Å². The van der Waals surface area contributed by atoms with E-state index in [0.717, 1.165) is 12.2 Å². The second-order valence-corrected chi connectivity index (χ2v) is 4.97. The van der Waals surface area contributed by atoms with Gasteiger partial charge < -0.3 is 9.79 Å². The van der Waals surface area contributed by atoms with Crippen molar-refractivity contribution >= 4 is 20.1 Å². The van der Waals surface area contributed by atoms with Crippen molar-refractivity contribution in [2.75, 3.05) is 11.9 Å². The SMILES string of the molecule is OP(O)CCCSc1ccccc1. The van der Waals surface area contributed by atoms with E-state index in [1.807, 2.05) is 18.2 Å². The van der Waals surface area contributed by atoms with Gasteiger partial charge in [-0.1, -0.05) is 18.2 Å². The molecule has 0 amide bonds. The number of benzene rings is 1. The molecule has 0 aromatic heterocycles. The van der Waals surface area contributed by atoms with E-state index in [1.165, 1.54) is 4.90 Å². The standard InChI is InChI=1S/C9H13O2PS/c10-12(11)7-4-8-13-9-5-2-1-3-6-9/h1-3,5-6,10-11H,4,7-8H2. The lowest BCUT2D eigenvalue weighted by Gasteiger charge is -2.02. The number of thioether (sulfide) groups is 1. The van der Waals surface area contributed by atoms with Crippen molar-refractivity contribution in [1.29, 1.82) is 0 Å². The Hall–Kier alpha value is -0.0800. The first-order valence-electron chi connectivity index (χ1n) is 4.12. The molecular weight excluding hydrogens is 203 g/mol. The van der Waals surface area contributed by atoms with E-state index in [0.29, 0.717) is 6.16 Å². The fourth-order valence-electron chi connectivity index (χ4n) is 0.913. The second-order valence-electron chi connectivity index (χ2n) is 2.61. The number of hydrogen-bond acceptors (Lipinski definition) is 3. The molecule has 2 nitrogen and oxygen atoms in total. The molecule has 0 atom stereocenters. The van der Waals surface area contributed by atoms with E-state index in [4.69, 9.17) is 9.79 Å². The summed E-state index contributed by atoms with van der Waals surface area (Å²) in [4.78, 5) is 18.6. The maximum atomic E-state index is 8.66. The third-order valence-corrected chi connectivity index (χ3v) is 3.33. The van der Waals surface area contributed by atoms with Crippen molar-refractivity contribution in [2.24, 2.45) is 0 Å². The lowest BCUT2D eigenvalue weighted by atomic mass is 10.4. The van der Waals surface area contributed by atoms with Crippen molar-refractivity contribution in [3.05, 3.63) is 30.3 Å². The zero-order valence-corrected chi connectivity index (χ0v) is 8.97. The Morgan fingerprint density at radius 1 is 1.15 bits per heavy atom. The number of rotatable bonds is 5. The van der Waals surface area contributed by atoms with Gasteiger partial charge in [-0.15, -0.1) is 11.8 Å². The molecule has 1 aromatic carbocycles. The smallest absolute Gasteiger partial charge is 0.164 e. The van der Waals surface area contributed by atoms with Gasteiger partial charge in [-0.25, -0.2) is 0 Å². The van der Waals surface area contributed by atoms with Crippen molar-refractivity contribution in [1.82, 2.24) is 0 Å². The molecule has 72 valence electrons. The fourth-order valence-corrected chi connectivity index (χ4v) is 2.44. The zero-order valence-electron chi connectivity index (χ0n) is 7.26. The summed E-state index contributed by atoms with van der Waals surface area (Å²) >= 11 is 1.75. The van der Waals surface area contributed by atoms with Crippen molar-refractivity contribution in [2.45, 2.75) is 11.3 Å². The van der Waals surface area contributed by atoms with E-state index in [9.17, 15) is 0 Å². The first kappa shape index (κ1) is 11.0. The van der Waals surface area contributed by atoms with Crippen molar-refractivity contribution < 1.29 is 9.79 Å². The molecule has 0 saturated carbocycles. The molecule has 1 rings (SSSR count). The van der Waals surface area contributed by atoms with E-state index in [1.54, 1.807) is 11.8 Å². The summed E-state index contributed by atoms with van der Waals surface area (Å²) in [5.41, 5.74) is 0. The van der Waals surface area contributed by atoms with Crippen LogP contribution < -0.4 is 0 Å². The zero-order chi connectivity index (χ0) is 9.52. The average Bonchev–Trinajstić information content (AvgIpc) is 2.14. The molecule has 0 aliphatic heterocycles. The Labute approximate surface area is 83.9 Å². The third kappa shape index (κ3) is 5.27. The summed E-state index contributed by atoms with van der Waals surface area (Å²) in [5, 5.41) is 0. The highest BCUT2D eigenvalue weighted by atomic mass is 32.2. The van der Waals surface area contributed by atoms with Gasteiger partial charge in [0.2, 0.25) is 0 Å². The van der Waals surface area contributed by atoms with Gasteiger partial charge in [0.25, 0.3) is 0 Å². The van der Waals surface area contributed by atoms with Crippen LogP contribution in [0, 0.1) is 0 Å². The van der Waals surface area contributed by atoms with Crippen LogP contribution in [0.25, 0.3) is 0 Å².